The molecule has 1 aromatic heterocycles. The zero-order chi connectivity index (χ0) is 14.5. The Morgan fingerprint density at radius 1 is 1.15 bits per heavy atom. The van der Waals surface area contributed by atoms with Crippen molar-refractivity contribution in [1.82, 2.24) is 10.2 Å². The van der Waals surface area contributed by atoms with Gasteiger partial charge in [-0.3, -0.25) is 4.21 Å². The lowest BCUT2D eigenvalue weighted by Crippen LogP contribution is -2.02. The fourth-order valence-corrected chi connectivity index (χ4v) is 2.95. The van der Waals surface area contributed by atoms with Crippen LogP contribution in [0.5, 0.6) is 11.5 Å². The van der Waals surface area contributed by atoms with E-state index in [9.17, 15) is 4.21 Å². The molecule has 7 heteroatoms. The third-order valence-corrected chi connectivity index (χ3v) is 4.04. The fourth-order valence-electron chi connectivity index (χ4n) is 1.72. The summed E-state index contributed by atoms with van der Waals surface area (Å²) in [4.78, 5) is 0.494. The third-order valence-electron chi connectivity index (χ3n) is 2.68. The lowest BCUT2D eigenvalue weighted by molar-refractivity contribution is 0.375. The normalized spacial score (nSPS) is 12.2. The summed E-state index contributed by atoms with van der Waals surface area (Å²) in [6, 6.07) is 5.25. The molecule has 6 nitrogen and oxygen atoms in total. The van der Waals surface area contributed by atoms with E-state index in [0.717, 1.165) is 0 Å². The largest absolute Gasteiger partial charge is 0.495 e. The molecule has 20 heavy (non-hydrogen) atoms. The Hall–Kier alpha value is -1.89. The van der Waals surface area contributed by atoms with Crippen molar-refractivity contribution in [2.45, 2.75) is 24.0 Å². The van der Waals surface area contributed by atoms with E-state index in [0.29, 0.717) is 34.6 Å². The molecular formula is C13H16N2O4S. The summed E-state index contributed by atoms with van der Waals surface area (Å²) < 4.78 is 28.3. The Labute approximate surface area is 119 Å². The zero-order valence-corrected chi connectivity index (χ0v) is 12.4. The van der Waals surface area contributed by atoms with Gasteiger partial charge in [-0.15, -0.1) is 10.2 Å². The molecule has 0 spiro atoms. The summed E-state index contributed by atoms with van der Waals surface area (Å²) in [6.07, 6.45) is 0.650. The second-order valence-corrected chi connectivity index (χ2v) is 5.31. The number of hydrogen-bond donors (Lipinski definition) is 0. The van der Waals surface area contributed by atoms with Gasteiger partial charge in [-0.25, -0.2) is 0 Å². The first-order valence-corrected chi connectivity index (χ1v) is 7.42. The molecule has 0 fully saturated rings. The molecule has 0 unspecified atom stereocenters. The zero-order valence-electron chi connectivity index (χ0n) is 11.6. The lowest BCUT2D eigenvalue weighted by atomic mass is 10.3. The molecule has 2 aromatic rings. The Bertz CT molecular complexity index is 590. The van der Waals surface area contributed by atoms with Crippen LogP contribution in [0.15, 0.2) is 27.5 Å². The fraction of sp³-hybridized carbons (Fsp3) is 0.385. The summed E-state index contributed by atoms with van der Waals surface area (Å²) >= 11 is 0. The van der Waals surface area contributed by atoms with Crippen molar-refractivity contribution in [3.63, 3.8) is 0 Å². The van der Waals surface area contributed by atoms with Crippen LogP contribution < -0.4 is 9.47 Å². The van der Waals surface area contributed by atoms with Crippen LogP contribution in [0.4, 0.5) is 0 Å². The smallest absolute Gasteiger partial charge is 0.229 e. The number of rotatable bonds is 6. The van der Waals surface area contributed by atoms with Gasteiger partial charge in [-0.1, -0.05) is 13.0 Å². The van der Waals surface area contributed by atoms with E-state index in [1.807, 2.05) is 6.92 Å². The quantitative estimate of drug-likeness (QED) is 0.811. The maximum absolute atomic E-state index is 12.5. The molecule has 0 bridgehead atoms. The standard InChI is InChI=1S/C13H16N2O4S/c1-4-11-14-15-12(19-11)8-20(16)13-9(17-2)6-5-7-10(13)18-3/h5-7H,4,8H2,1-3H3/t20-/m0/s1. The molecule has 0 saturated heterocycles. The monoisotopic (exact) mass is 296 g/mol. The Balaban J connectivity index is 2.28. The number of aryl methyl sites for hydroxylation is 1. The maximum atomic E-state index is 12.5. The van der Waals surface area contributed by atoms with Gasteiger partial charge in [0.05, 0.1) is 25.0 Å². The molecule has 2 rings (SSSR count). The second-order valence-electron chi connectivity index (χ2n) is 3.92. The Kier molecular flexibility index (Phi) is 4.73. The second kappa shape index (κ2) is 6.51. The van der Waals surface area contributed by atoms with Gasteiger partial charge in [0, 0.05) is 6.42 Å². The van der Waals surface area contributed by atoms with E-state index < -0.39 is 10.8 Å². The number of benzene rings is 1. The average molecular weight is 296 g/mol. The molecular weight excluding hydrogens is 280 g/mol. The van der Waals surface area contributed by atoms with Crippen molar-refractivity contribution in [2.24, 2.45) is 0 Å². The Morgan fingerprint density at radius 3 is 2.25 bits per heavy atom. The molecule has 108 valence electrons. The van der Waals surface area contributed by atoms with Gasteiger partial charge in [0.2, 0.25) is 11.8 Å². The highest BCUT2D eigenvalue weighted by molar-refractivity contribution is 7.84. The highest BCUT2D eigenvalue weighted by Crippen LogP contribution is 2.32. The van der Waals surface area contributed by atoms with E-state index in [2.05, 4.69) is 10.2 Å². The Morgan fingerprint density at radius 2 is 1.75 bits per heavy atom. The molecule has 0 aliphatic rings. The van der Waals surface area contributed by atoms with Gasteiger partial charge in [0.25, 0.3) is 0 Å². The van der Waals surface area contributed by atoms with E-state index in [1.165, 1.54) is 14.2 Å². The number of nitrogens with zero attached hydrogens (tertiary/aromatic N) is 2. The first-order valence-electron chi connectivity index (χ1n) is 6.10. The summed E-state index contributed by atoms with van der Waals surface area (Å²) in [6.45, 7) is 1.91. The summed E-state index contributed by atoms with van der Waals surface area (Å²) in [5, 5.41) is 7.73. The number of hydrogen-bond acceptors (Lipinski definition) is 6. The van der Waals surface area contributed by atoms with Crippen LogP contribution in [-0.2, 0) is 23.0 Å². The highest BCUT2D eigenvalue weighted by Gasteiger charge is 2.19. The first-order chi connectivity index (χ1) is 9.69. The summed E-state index contributed by atoms with van der Waals surface area (Å²) in [5.41, 5.74) is 0. The third kappa shape index (κ3) is 2.98. The molecule has 0 saturated carbocycles. The van der Waals surface area contributed by atoms with Gasteiger partial charge in [-0.05, 0) is 12.1 Å². The average Bonchev–Trinajstić information content (AvgIpc) is 2.93. The van der Waals surface area contributed by atoms with Gasteiger partial charge in [-0.2, -0.15) is 0 Å². The van der Waals surface area contributed by atoms with Crippen LogP contribution in [-0.4, -0.2) is 28.6 Å². The van der Waals surface area contributed by atoms with E-state index in [1.54, 1.807) is 18.2 Å². The molecule has 0 N–H and O–H groups in total. The summed E-state index contributed by atoms with van der Waals surface area (Å²) in [7, 11) is 1.66. The van der Waals surface area contributed by atoms with E-state index in [4.69, 9.17) is 13.9 Å². The van der Waals surface area contributed by atoms with Crippen molar-refractivity contribution in [2.75, 3.05) is 14.2 Å². The maximum Gasteiger partial charge on any atom is 0.229 e. The number of aromatic nitrogens is 2. The molecule has 0 amide bonds. The summed E-state index contributed by atoms with van der Waals surface area (Å²) in [5.74, 6) is 2.02. The van der Waals surface area contributed by atoms with Crippen LogP contribution in [0.1, 0.15) is 18.7 Å². The van der Waals surface area contributed by atoms with Crippen molar-refractivity contribution >= 4 is 10.8 Å². The molecule has 1 heterocycles. The molecule has 1 aromatic carbocycles. The molecule has 0 radical (unpaired) electrons. The van der Waals surface area contributed by atoms with Crippen LogP contribution in [0, 0.1) is 0 Å². The minimum atomic E-state index is -1.39. The van der Waals surface area contributed by atoms with Gasteiger partial charge in [0.15, 0.2) is 0 Å². The lowest BCUT2D eigenvalue weighted by Gasteiger charge is -2.11. The van der Waals surface area contributed by atoms with Crippen LogP contribution >= 0.6 is 0 Å². The van der Waals surface area contributed by atoms with E-state index >= 15 is 0 Å². The number of methoxy groups -OCH3 is 2. The molecule has 0 aliphatic carbocycles. The predicted molar refractivity (Wildman–Crippen MR) is 73.3 cm³/mol. The van der Waals surface area contributed by atoms with Crippen molar-refractivity contribution in [3.8, 4) is 11.5 Å². The van der Waals surface area contributed by atoms with Crippen LogP contribution in [0.25, 0.3) is 0 Å². The molecule has 0 aliphatic heterocycles. The van der Waals surface area contributed by atoms with Crippen molar-refractivity contribution in [1.29, 1.82) is 0 Å². The van der Waals surface area contributed by atoms with Crippen molar-refractivity contribution in [3.05, 3.63) is 30.0 Å². The topological polar surface area (TPSA) is 74.5 Å². The molecule has 1 atom stereocenters. The minimum absolute atomic E-state index is 0.129. The van der Waals surface area contributed by atoms with Crippen molar-refractivity contribution < 1.29 is 18.1 Å². The van der Waals surface area contributed by atoms with Crippen LogP contribution in [0.2, 0.25) is 0 Å². The SMILES string of the molecule is CCc1nnc(C[S@](=O)c2c(OC)cccc2OC)o1. The van der Waals surface area contributed by atoms with Gasteiger partial charge in [0.1, 0.15) is 22.1 Å². The van der Waals surface area contributed by atoms with Gasteiger partial charge < -0.3 is 13.9 Å². The van der Waals surface area contributed by atoms with Crippen LogP contribution in [0.3, 0.4) is 0 Å². The predicted octanol–water partition coefficient (Wildman–Crippen LogP) is 1.96. The minimum Gasteiger partial charge on any atom is -0.495 e. The number of ether oxygens (including phenoxy) is 2. The first kappa shape index (κ1) is 14.5. The highest BCUT2D eigenvalue weighted by atomic mass is 32.2. The van der Waals surface area contributed by atoms with E-state index in [-0.39, 0.29) is 5.75 Å². The van der Waals surface area contributed by atoms with Gasteiger partial charge >= 0.3 is 0 Å².